The summed E-state index contributed by atoms with van der Waals surface area (Å²) in [7, 11) is 2.98. The van der Waals surface area contributed by atoms with E-state index in [0.717, 1.165) is 23.3 Å². The summed E-state index contributed by atoms with van der Waals surface area (Å²) in [5.74, 6) is 0.525. The molecule has 0 fully saturated rings. The second kappa shape index (κ2) is 12.6. The first kappa shape index (κ1) is 31.8. The molecule has 2 N–H and O–H groups in total. The summed E-state index contributed by atoms with van der Waals surface area (Å²) >= 11 is 0. The van der Waals surface area contributed by atoms with Crippen LogP contribution in [0.15, 0.2) is 48.5 Å². The Hall–Kier alpha value is -4.09. The lowest BCUT2D eigenvalue weighted by Gasteiger charge is -2.39. The lowest BCUT2D eigenvalue weighted by atomic mass is 9.85. The first-order valence-electron chi connectivity index (χ1n) is 13.5. The molecule has 0 radical (unpaired) electrons. The third-order valence-electron chi connectivity index (χ3n) is 7.43. The second-order valence-electron chi connectivity index (χ2n) is 10.3. The average molecular weight is 611 g/mol. The highest BCUT2D eigenvalue weighted by molar-refractivity contribution is 5.78. The van der Waals surface area contributed by atoms with Crippen LogP contribution in [0.1, 0.15) is 52.3 Å². The molecule has 4 rings (SSSR count). The maximum absolute atomic E-state index is 13.4. The summed E-state index contributed by atoms with van der Waals surface area (Å²) in [6.45, 7) is 1.77. The van der Waals surface area contributed by atoms with Gasteiger partial charge in [0.25, 0.3) is 0 Å². The Morgan fingerprint density at radius 2 is 1.65 bits per heavy atom. The molecule has 3 aromatic carbocycles. The van der Waals surface area contributed by atoms with Crippen LogP contribution in [0.4, 0.5) is 32.0 Å². The van der Waals surface area contributed by atoms with Gasteiger partial charge in [-0.3, -0.25) is 4.79 Å². The first-order valence-corrected chi connectivity index (χ1v) is 13.5. The number of carbonyl (C=O) groups excluding carboxylic acids is 1. The quantitative estimate of drug-likeness (QED) is 0.208. The van der Waals surface area contributed by atoms with Gasteiger partial charge in [0.2, 0.25) is 5.91 Å². The van der Waals surface area contributed by atoms with Gasteiger partial charge in [0.05, 0.1) is 44.5 Å². The molecule has 0 aliphatic carbocycles. The fourth-order valence-corrected chi connectivity index (χ4v) is 5.27. The van der Waals surface area contributed by atoms with Gasteiger partial charge in [-0.05, 0) is 77.6 Å². The van der Waals surface area contributed by atoms with E-state index in [1.54, 1.807) is 24.3 Å². The van der Waals surface area contributed by atoms with Crippen LogP contribution in [0.3, 0.4) is 0 Å². The van der Waals surface area contributed by atoms with E-state index in [1.165, 1.54) is 32.1 Å². The van der Waals surface area contributed by atoms with E-state index in [2.05, 4.69) is 0 Å². The molecule has 0 aromatic heterocycles. The number of halogens is 6. The Kier molecular flexibility index (Phi) is 9.36. The van der Waals surface area contributed by atoms with E-state index in [-0.39, 0.29) is 18.7 Å². The normalized spacial score (nSPS) is 15.2. The minimum atomic E-state index is -4.58. The van der Waals surface area contributed by atoms with Crippen LogP contribution < -0.4 is 19.9 Å². The number of nitrogen functional groups attached to an aromatic ring is 1. The number of anilines is 1. The molecule has 0 saturated heterocycles. The maximum atomic E-state index is 13.4. The third kappa shape index (κ3) is 7.47. The zero-order valence-electron chi connectivity index (χ0n) is 23.9. The largest absolute Gasteiger partial charge is 0.495 e. The van der Waals surface area contributed by atoms with Gasteiger partial charge in [-0.25, -0.2) is 0 Å². The monoisotopic (exact) mass is 610 g/mol. The van der Waals surface area contributed by atoms with Crippen LogP contribution in [0.2, 0.25) is 0 Å². The Labute approximate surface area is 245 Å². The summed E-state index contributed by atoms with van der Waals surface area (Å²) in [4.78, 5) is 14.5. The van der Waals surface area contributed by atoms with Crippen molar-refractivity contribution in [3.8, 4) is 17.2 Å². The van der Waals surface area contributed by atoms with Crippen molar-refractivity contribution in [2.75, 3.05) is 33.1 Å². The number of rotatable bonds is 9. The summed E-state index contributed by atoms with van der Waals surface area (Å²) in [6.07, 6.45) is -10.4. The molecule has 1 unspecified atom stereocenters. The van der Waals surface area contributed by atoms with Crippen molar-refractivity contribution in [2.45, 2.75) is 51.0 Å². The zero-order chi connectivity index (χ0) is 31.5. The summed E-state index contributed by atoms with van der Waals surface area (Å²) in [5.41, 5.74) is 8.39. The van der Waals surface area contributed by atoms with Crippen molar-refractivity contribution < 1.29 is 45.3 Å². The van der Waals surface area contributed by atoms with E-state index in [0.29, 0.717) is 46.9 Å². The van der Waals surface area contributed by atoms with E-state index in [4.69, 9.17) is 19.9 Å². The fourth-order valence-electron chi connectivity index (χ4n) is 5.27. The molecule has 3 aromatic rings. The highest BCUT2D eigenvalue weighted by Gasteiger charge is 2.37. The van der Waals surface area contributed by atoms with Gasteiger partial charge in [0.15, 0.2) is 11.5 Å². The third-order valence-corrected chi connectivity index (χ3v) is 7.43. The number of ether oxygens (including phenoxy) is 3. The molecular weight excluding hydrogens is 578 g/mol. The van der Waals surface area contributed by atoms with Crippen LogP contribution in [0, 0.1) is 6.92 Å². The van der Waals surface area contributed by atoms with E-state index in [1.807, 2.05) is 6.07 Å². The molecule has 43 heavy (non-hydrogen) atoms. The summed E-state index contributed by atoms with van der Waals surface area (Å²) in [5, 5.41) is 0. The van der Waals surface area contributed by atoms with Gasteiger partial charge >= 0.3 is 12.4 Å². The number of nitrogens with zero attached hydrogens (tertiary/aromatic N) is 1. The van der Waals surface area contributed by atoms with Gasteiger partial charge in [-0.1, -0.05) is 12.1 Å². The van der Waals surface area contributed by atoms with Gasteiger partial charge in [-0.15, -0.1) is 0 Å². The van der Waals surface area contributed by atoms with Crippen molar-refractivity contribution in [2.24, 2.45) is 0 Å². The van der Waals surface area contributed by atoms with Gasteiger partial charge < -0.3 is 24.8 Å². The number of amides is 1. The molecule has 0 spiro atoms. The van der Waals surface area contributed by atoms with Crippen LogP contribution >= 0.6 is 0 Å². The molecule has 0 saturated carbocycles. The Morgan fingerprint density at radius 3 is 2.26 bits per heavy atom. The predicted octanol–water partition coefficient (Wildman–Crippen LogP) is 7.05. The number of nitrogens with two attached hydrogens (primary N) is 1. The molecule has 232 valence electrons. The number of hydrogen-bond donors (Lipinski definition) is 1. The fraction of sp³-hybridized carbons (Fsp3) is 0.387. The standard InChI is InChI=1S/C31H32F6N2O4/c1-18-14-21(31(35,36)37)5-6-22(18)29-23-17-27(43-13-10-19-4-7-25(41-2)24(38)15-19)26(42-3)16-20(23)9-12-39(29)28(40)8-11-30(32,33)34/h4-7,14-17,29H,8-13,38H2,1-3H3. The van der Waals surface area contributed by atoms with Crippen LogP contribution in [-0.4, -0.2) is 44.4 Å². The molecular formula is C31H32F6N2O4. The topological polar surface area (TPSA) is 74.0 Å². The van der Waals surface area contributed by atoms with Crippen LogP contribution in [0.5, 0.6) is 17.2 Å². The molecule has 1 atom stereocenters. The number of carbonyl (C=O) groups is 1. The lowest BCUT2D eigenvalue weighted by molar-refractivity contribution is -0.150. The molecule has 1 aliphatic heterocycles. The number of alkyl halides is 6. The smallest absolute Gasteiger partial charge is 0.416 e. The molecule has 0 bridgehead atoms. The number of methoxy groups -OCH3 is 2. The van der Waals surface area contributed by atoms with Crippen molar-refractivity contribution >= 4 is 11.6 Å². The number of aryl methyl sites for hydroxylation is 1. The first-order chi connectivity index (χ1) is 20.2. The summed E-state index contributed by atoms with van der Waals surface area (Å²) in [6, 6.07) is 11.0. The highest BCUT2D eigenvalue weighted by atomic mass is 19.4. The van der Waals surface area contributed by atoms with E-state index < -0.39 is 42.7 Å². The second-order valence-corrected chi connectivity index (χ2v) is 10.3. The predicted molar refractivity (Wildman–Crippen MR) is 148 cm³/mol. The van der Waals surface area contributed by atoms with E-state index in [9.17, 15) is 31.1 Å². The number of hydrogen-bond acceptors (Lipinski definition) is 5. The molecule has 12 heteroatoms. The van der Waals surface area contributed by atoms with Crippen molar-refractivity contribution in [1.82, 2.24) is 4.90 Å². The average Bonchev–Trinajstić information content (AvgIpc) is 2.94. The Morgan fingerprint density at radius 1 is 0.930 bits per heavy atom. The minimum Gasteiger partial charge on any atom is -0.495 e. The highest BCUT2D eigenvalue weighted by Crippen LogP contribution is 2.43. The van der Waals surface area contributed by atoms with Gasteiger partial charge in [0, 0.05) is 19.4 Å². The van der Waals surface area contributed by atoms with Gasteiger partial charge in [0.1, 0.15) is 5.75 Å². The zero-order valence-corrected chi connectivity index (χ0v) is 23.9. The van der Waals surface area contributed by atoms with Crippen molar-refractivity contribution in [1.29, 1.82) is 0 Å². The SMILES string of the molecule is COc1ccc(CCOc2cc3c(cc2OC)CCN(C(=O)CCC(F)(F)F)C3c2ccc(C(F)(F)F)cc2C)cc1N. The number of fused-ring (bicyclic) bond motifs is 1. The molecule has 1 aliphatic rings. The van der Waals surface area contributed by atoms with Crippen molar-refractivity contribution in [3.63, 3.8) is 0 Å². The maximum Gasteiger partial charge on any atom is 0.416 e. The van der Waals surface area contributed by atoms with Crippen LogP contribution in [-0.2, 0) is 23.8 Å². The van der Waals surface area contributed by atoms with E-state index >= 15 is 0 Å². The molecule has 1 heterocycles. The molecule has 1 amide bonds. The number of benzene rings is 3. The minimum absolute atomic E-state index is 0.0804. The lowest BCUT2D eigenvalue weighted by Crippen LogP contribution is -2.41. The Bertz CT molecular complexity index is 1470. The van der Waals surface area contributed by atoms with Crippen molar-refractivity contribution in [3.05, 3.63) is 81.9 Å². The molecule has 6 nitrogen and oxygen atoms in total. The van der Waals surface area contributed by atoms with Crippen LogP contribution in [0.25, 0.3) is 0 Å². The van der Waals surface area contributed by atoms with Gasteiger partial charge in [-0.2, -0.15) is 26.3 Å². The summed E-state index contributed by atoms with van der Waals surface area (Å²) < 4.78 is 96.0. The Balaban J connectivity index is 1.71.